The van der Waals surface area contributed by atoms with Gasteiger partial charge in [0.2, 0.25) is 0 Å². The van der Waals surface area contributed by atoms with Crippen molar-refractivity contribution in [3.63, 3.8) is 0 Å². The fraction of sp³-hybridized carbons (Fsp3) is 0.483. The molecule has 4 heterocycles. The number of alkyl halides is 2. The number of amides is 2. The van der Waals surface area contributed by atoms with Gasteiger partial charge >= 0.3 is 6.03 Å². The highest BCUT2D eigenvalue weighted by Gasteiger charge is 2.43. The van der Waals surface area contributed by atoms with Gasteiger partial charge in [0.1, 0.15) is 0 Å². The summed E-state index contributed by atoms with van der Waals surface area (Å²) in [4.78, 5) is 25.7. The van der Waals surface area contributed by atoms with Gasteiger partial charge in [-0.25, -0.2) is 19.0 Å². The van der Waals surface area contributed by atoms with E-state index in [4.69, 9.17) is 0 Å². The Balaban J connectivity index is 1.13. The van der Waals surface area contributed by atoms with E-state index in [1.807, 2.05) is 29.3 Å². The highest BCUT2D eigenvalue weighted by molar-refractivity contribution is 5.89. The number of carbonyl (C=O) groups is 1. The summed E-state index contributed by atoms with van der Waals surface area (Å²) in [5.74, 6) is -2.60. The molecular formula is C29H37F2N7O. The lowest BCUT2D eigenvalue weighted by atomic mass is 10.00. The summed E-state index contributed by atoms with van der Waals surface area (Å²) < 4.78 is 27.1. The van der Waals surface area contributed by atoms with Crippen molar-refractivity contribution < 1.29 is 13.6 Å². The molecule has 0 saturated carbocycles. The Hall–Kier alpha value is -3.37. The van der Waals surface area contributed by atoms with Gasteiger partial charge in [-0.1, -0.05) is 19.9 Å². The average Bonchev–Trinajstić information content (AvgIpc) is 3.47. The number of hydrazine groups is 1. The minimum atomic E-state index is -2.60. The zero-order valence-corrected chi connectivity index (χ0v) is 22.7. The van der Waals surface area contributed by atoms with Gasteiger partial charge in [-0.05, 0) is 67.8 Å². The van der Waals surface area contributed by atoms with Crippen LogP contribution in [-0.2, 0) is 13.1 Å². The molecule has 208 valence electrons. The van der Waals surface area contributed by atoms with E-state index in [1.54, 1.807) is 23.5 Å². The molecule has 5 rings (SSSR count). The maximum atomic E-state index is 13.6. The van der Waals surface area contributed by atoms with Crippen LogP contribution >= 0.6 is 0 Å². The standard InChI is InChI=1S/C29H37F2N7O/c1-3-10-36(11-4-2)19-25-7-6-24(17-33-25)34-28(39)35-38-26-8-5-22(14-27(26)38)23-13-21(15-32-16-23)18-37-12-9-29(30,31)20-37/h5-7,13-17,26H,3-4,8-12,18-20H2,1-2H3,(H2,34,35,39). The Kier molecular flexibility index (Phi) is 8.23. The van der Waals surface area contributed by atoms with Gasteiger partial charge < -0.3 is 5.32 Å². The number of nitrogens with one attached hydrogen (secondary N) is 2. The van der Waals surface area contributed by atoms with E-state index in [-0.39, 0.29) is 25.0 Å². The van der Waals surface area contributed by atoms with Gasteiger partial charge in [-0.2, -0.15) is 0 Å². The minimum Gasteiger partial charge on any atom is -0.305 e. The van der Waals surface area contributed by atoms with Crippen molar-refractivity contribution in [3.8, 4) is 0 Å². The van der Waals surface area contributed by atoms with Crippen molar-refractivity contribution in [1.82, 2.24) is 30.2 Å². The van der Waals surface area contributed by atoms with Gasteiger partial charge in [-0.3, -0.25) is 24.8 Å². The monoisotopic (exact) mass is 537 g/mol. The van der Waals surface area contributed by atoms with Crippen molar-refractivity contribution >= 4 is 17.3 Å². The fourth-order valence-corrected chi connectivity index (χ4v) is 5.37. The molecule has 2 aromatic heterocycles. The van der Waals surface area contributed by atoms with Gasteiger partial charge in [0.25, 0.3) is 5.92 Å². The summed E-state index contributed by atoms with van der Waals surface area (Å²) in [6, 6.07) is 5.69. The second-order valence-corrected chi connectivity index (χ2v) is 10.6. The Morgan fingerprint density at radius 2 is 2.00 bits per heavy atom. The third kappa shape index (κ3) is 6.99. The first-order valence-corrected chi connectivity index (χ1v) is 13.8. The van der Waals surface area contributed by atoms with Crippen LogP contribution in [0.3, 0.4) is 0 Å². The van der Waals surface area contributed by atoms with E-state index >= 15 is 0 Å². The number of hydrogen-bond acceptors (Lipinski definition) is 6. The number of hydrogen-bond donors (Lipinski definition) is 2. The molecule has 1 unspecified atom stereocenters. The Bertz CT molecular complexity index is 1220. The number of urea groups is 1. The van der Waals surface area contributed by atoms with E-state index in [1.165, 1.54) is 0 Å². The van der Waals surface area contributed by atoms with Crippen molar-refractivity contribution in [2.75, 3.05) is 31.5 Å². The first-order chi connectivity index (χ1) is 18.8. The summed E-state index contributed by atoms with van der Waals surface area (Å²) in [5, 5.41) is 4.72. The predicted molar refractivity (Wildman–Crippen MR) is 148 cm³/mol. The quantitative estimate of drug-likeness (QED) is 0.392. The largest absolute Gasteiger partial charge is 0.338 e. The van der Waals surface area contributed by atoms with Crippen LogP contribution in [0.1, 0.15) is 56.4 Å². The molecule has 0 bridgehead atoms. The number of anilines is 1. The molecule has 10 heteroatoms. The molecule has 0 aromatic carbocycles. The molecule has 39 heavy (non-hydrogen) atoms. The average molecular weight is 538 g/mol. The zero-order chi connectivity index (χ0) is 27.4. The third-order valence-electron chi connectivity index (χ3n) is 7.28. The molecule has 2 amide bonds. The number of halogens is 2. The van der Waals surface area contributed by atoms with Gasteiger partial charge in [0.05, 0.1) is 35.9 Å². The molecule has 2 aliphatic heterocycles. The number of pyridine rings is 2. The zero-order valence-electron chi connectivity index (χ0n) is 22.7. The fourth-order valence-electron chi connectivity index (χ4n) is 5.37. The summed E-state index contributed by atoms with van der Waals surface area (Å²) in [6.07, 6.45) is 12.3. The molecule has 2 saturated heterocycles. The molecule has 2 aromatic rings. The highest BCUT2D eigenvalue weighted by atomic mass is 19.3. The molecule has 1 aliphatic carbocycles. The van der Waals surface area contributed by atoms with E-state index in [2.05, 4.69) is 45.5 Å². The van der Waals surface area contributed by atoms with E-state index in [0.717, 1.165) is 67.0 Å². The van der Waals surface area contributed by atoms with E-state index < -0.39 is 5.92 Å². The topological polar surface area (TPSA) is 76.4 Å². The van der Waals surface area contributed by atoms with Crippen molar-refractivity contribution in [3.05, 3.63) is 71.5 Å². The Labute approximate surface area is 228 Å². The SMILES string of the molecule is CCCN(CCC)Cc1ccc(NC(=O)NN2C3=CC(c4cncc(CN5CCC(F)(F)C5)c4)=CCC32)cn1. The van der Waals surface area contributed by atoms with Crippen molar-refractivity contribution in [1.29, 1.82) is 0 Å². The van der Waals surface area contributed by atoms with Gasteiger partial charge in [-0.15, -0.1) is 0 Å². The lowest BCUT2D eigenvalue weighted by Crippen LogP contribution is -2.34. The van der Waals surface area contributed by atoms with Gasteiger partial charge in [0.15, 0.2) is 0 Å². The summed E-state index contributed by atoms with van der Waals surface area (Å²) in [6.45, 7) is 7.91. The van der Waals surface area contributed by atoms with Crippen LogP contribution in [0.4, 0.5) is 19.3 Å². The molecule has 3 aliphatic rings. The number of likely N-dealkylation sites (tertiary alicyclic amines) is 1. The molecule has 0 spiro atoms. The molecular weight excluding hydrogens is 500 g/mol. The Morgan fingerprint density at radius 1 is 1.18 bits per heavy atom. The second kappa shape index (κ2) is 11.8. The first kappa shape index (κ1) is 27.2. The molecule has 1 atom stereocenters. The first-order valence-electron chi connectivity index (χ1n) is 13.8. The highest BCUT2D eigenvalue weighted by Crippen LogP contribution is 2.40. The van der Waals surface area contributed by atoms with Gasteiger partial charge in [0, 0.05) is 44.0 Å². The maximum absolute atomic E-state index is 13.6. The summed E-state index contributed by atoms with van der Waals surface area (Å²) in [5.41, 5.74) is 8.47. The van der Waals surface area contributed by atoms with Crippen LogP contribution in [-0.4, -0.2) is 69.0 Å². The number of fused-ring (bicyclic) bond motifs is 1. The Morgan fingerprint density at radius 3 is 2.69 bits per heavy atom. The summed E-state index contributed by atoms with van der Waals surface area (Å²) in [7, 11) is 0. The van der Waals surface area contributed by atoms with Crippen molar-refractivity contribution in [2.45, 2.75) is 64.6 Å². The van der Waals surface area contributed by atoms with Crippen LogP contribution in [0, 0.1) is 0 Å². The lowest BCUT2D eigenvalue weighted by Gasteiger charge is -2.20. The molecule has 2 N–H and O–H groups in total. The smallest absolute Gasteiger partial charge is 0.305 e. The number of allylic oxidation sites excluding steroid dienone is 2. The molecule has 8 nitrogen and oxygen atoms in total. The number of aromatic nitrogens is 2. The van der Waals surface area contributed by atoms with Crippen LogP contribution in [0.15, 0.2) is 54.6 Å². The summed E-state index contributed by atoms with van der Waals surface area (Å²) >= 11 is 0. The minimum absolute atomic E-state index is 0.0895. The molecule has 2 fully saturated rings. The van der Waals surface area contributed by atoms with Crippen LogP contribution < -0.4 is 10.7 Å². The van der Waals surface area contributed by atoms with E-state index in [0.29, 0.717) is 18.8 Å². The number of rotatable bonds is 11. The predicted octanol–water partition coefficient (Wildman–Crippen LogP) is 5.03. The normalized spacial score (nSPS) is 19.9. The van der Waals surface area contributed by atoms with Crippen LogP contribution in [0.2, 0.25) is 0 Å². The lowest BCUT2D eigenvalue weighted by molar-refractivity contribution is 0.0115. The third-order valence-corrected chi connectivity index (χ3v) is 7.28. The second-order valence-electron chi connectivity index (χ2n) is 10.6. The maximum Gasteiger partial charge on any atom is 0.338 e. The van der Waals surface area contributed by atoms with E-state index in [9.17, 15) is 13.6 Å². The number of carbonyl (C=O) groups excluding carboxylic acids is 1. The van der Waals surface area contributed by atoms with Crippen LogP contribution in [0.5, 0.6) is 0 Å². The van der Waals surface area contributed by atoms with Crippen molar-refractivity contribution in [2.24, 2.45) is 0 Å². The van der Waals surface area contributed by atoms with Crippen LogP contribution in [0.25, 0.3) is 5.57 Å². The number of nitrogens with zero attached hydrogens (tertiary/aromatic N) is 5. The molecule has 0 radical (unpaired) electrons.